The minimum Gasteiger partial charge on any atom is -0.491 e. The van der Waals surface area contributed by atoms with Crippen LogP contribution in [0.1, 0.15) is 47.0 Å². The second kappa shape index (κ2) is 6.78. The fraction of sp³-hybridized carbons (Fsp3) is 0.800. The van der Waals surface area contributed by atoms with Crippen molar-refractivity contribution in [3.8, 4) is 0 Å². The summed E-state index contributed by atoms with van der Waals surface area (Å²) in [7, 11) is 0. The summed E-state index contributed by atoms with van der Waals surface area (Å²) >= 11 is 0. The number of hydrogen-bond donors (Lipinski definition) is 0. The zero-order valence-corrected chi connectivity index (χ0v) is 14.6. The van der Waals surface area contributed by atoms with Crippen molar-refractivity contribution in [3.05, 3.63) is 24.0 Å². The third-order valence-corrected chi connectivity index (χ3v) is 6.18. The number of rotatable bonds is 6. The molecule has 5 atom stereocenters. The van der Waals surface area contributed by atoms with E-state index in [4.69, 9.17) is 9.47 Å². The molecule has 0 spiro atoms. The highest BCUT2D eigenvalue weighted by atomic mass is 16.6. The largest absolute Gasteiger partial charge is 0.491 e. The lowest BCUT2D eigenvalue weighted by molar-refractivity contribution is 0.188. The Bertz CT molecular complexity index is 417. The van der Waals surface area contributed by atoms with E-state index in [-0.39, 0.29) is 0 Å². The van der Waals surface area contributed by atoms with Crippen LogP contribution in [0.5, 0.6) is 0 Å². The van der Waals surface area contributed by atoms with E-state index in [1.165, 1.54) is 12.8 Å². The van der Waals surface area contributed by atoms with E-state index in [0.29, 0.717) is 18.6 Å². The van der Waals surface area contributed by atoms with Crippen LogP contribution in [0.2, 0.25) is 0 Å². The standard InChI is InChI=1S/C20H32O2/c1-5-6-7-16(21-11-17-12-22-17)10-18-14(3)19-8-13(2)9-20(19)15(18)4/h6-7,10,13-15,17-20H,5,8-9,11-12H2,1-4H3/b7-6-,16-10-. The molecule has 0 radical (unpaired) electrons. The molecule has 0 aromatic heterocycles. The first-order valence-corrected chi connectivity index (χ1v) is 9.22. The van der Waals surface area contributed by atoms with Gasteiger partial charge in [0.1, 0.15) is 18.5 Å². The van der Waals surface area contributed by atoms with Gasteiger partial charge in [0, 0.05) is 0 Å². The summed E-state index contributed by atoms with van der Waals surface area (Å²) < 4.78 is 11.3. The SMILES string of the molecule is CC/C=C\C(=C\C1C(C)C2CC(C)CC2C1C)OCC1CO1. The van der Waals surface area contributed by atoms with E-state index >= 15 is 0 Å². The highest BCUT2D eigenvalue weighted by Gasteiger charge is 2.49. The zero-order chi connectivity index (χ0) is 15.7. The molecule has 3 fully saturated rings. The summed E-state index contributed by atoms with van der Waals surface area (Å²) in [6, 6.07) is 0. The third-order valence-electron chi connectivity index (χ3n) is 6.18. The van der Waals surface area contributed by atoms with Crippen molar-refractivity contribution >= 4 is 0 Å². The summed E-state index contributed by atoms with van der Waals surface area (Å²) in [5.74, 6) is 6.08. The zero-order valence-electron chi connectivity index (χ0n) is 14.6. The van der Waals surface area contributed by atoms with Gasteiger partial charge < -0.3 is 9.47 Å². The van der Waals surface area contributed by atoms with Gasteiger partial charge in [0.25, 0.3) is 0 Å². The van der Waals surface area contributed by atoms with Crippen LogP contribution in [0, 0.1) is 35.5 Å². The van der Waals surface area contributed by atoms with Crippen LogP contribution in [0.4, 0.5) is 0 Å². The molecule has 1 heterocycles. The molecule has 1 aliphatic heterocycles. The van der Waals surface area contributed by atoms with Gasteiger partial charge in [-0.1, -0.05) is 33.8 Å². The molecular formula is C20H32O2. The van der Waals surface area contributed by atoms with Crippen LogP contribution in [-0.2, 0) is 9.47 Å². The predicted molar refractivity (Wildman–Crippen MR) is 90.4 cm³/mol. The maximum atomic E-state index is 6.02. The molecule has 3 rings (SSSR count). The molecule has 5 unspecified atom stereocenters. The Kier molecular flexibility index (Phi) is 4.97. The molecule has 0 bridgehead atoms. The lowest BCUT2D eigenvalue weighted by Gasteiger charge is -2.21. The molecule has 3 aliphatic rings. The van der Waals surface area contributed by atoms with Crippen molar-refractivity contribution in [3.63, 3.8) is 0 Å². The molecule has 2 nitrogen and oxygen atoms in total. The number of fused-ring (bicyclic) bond motifs is 1. The number of hydrogen-bond acceptors (Lipinski definition) is 2. The van der Waals surface area contributed by atoms with Crippen molar-refractivity contribution in [1.29, 1.82) is 0 Å². The van der Waals surface area contributed by atoms with Crippen LogP contribution in [0.15, 0.2) is 24.0 Å². The molecule has 0 N–H and O–H groups in total. The van der Waals surface area contributed by atoms with Crippen LogP contribution >= 0.6 is 0 Å². The number of ether oxygens (including phenoxy) is 2. The molecule has 2 heteroatoms. The van der Waals surface area contributed by atoms with Crippen molar-refractivity contribution < 1.29 is 9.47 Å². The van der Waals surface area contributed by atoms with Gasteiger partial charge in [0.15, 0.2) is 0 Å². The Labute approximate surface area is 136 Å². The Morgan fingerprint density at radius 1 is 1.14 bits per heavy atom. The normalized spacial score (nSPS) is 44.5. The smallest absolute Gasteiger partial charge is 0.117 e. The fourth-order valence-corrected chi connectivity index (χ4v) is 4.87. The van der Waals surface area contributed by atoms with Crippen molar-refractivity contribution in [2.75, 3.05) is 13.2 Å². The van der Waals surface area contributed by atoms with E-state index in [2.05, 4.69) is 45.9 Å². The van der Waals surface area contributed by atoms with Crippen molar-refractivity contribution in [2.24, 2.45) is 35.5 Å². The summed E-state index contributed by atoms with van der Waals surface area (Å²) in [6.07, 6.45) is 11.0. The first-order valence-electron chi connectivity index (χ1n) is 9.22. The van der Waals surface area contributed by atoms with E-state index in [1.807, 2.05) is 0 Å². The van der Waals surface area contributed by atoms with Crippen LogP contribution in [0.25, 0.3) is 0 Å². The molecular weight excluding hydrogens is 272 g/mol. The maximum absolute atomic E-state index is 6.02. The van der Waals surface area contributed by atoms with Crippen LogP contribution in [0.3, 0.4) is 0 Å². The Balaban J connectivity index is 1.70. The van der Waals surface area contributed by atoms with Gasteiger partial charge in [0.2, 0.25) is 0 Å². The van der Waals surface area contributed by atoms with Gasteiger partial charge in [-0.15, -0.1) is 0 Å². The molecule has 2 saturated carbocycles. The fourth-order valence-electron chi connectivity index (χ4n) is 4.87. The molecule has 2 aliphatic carbocycles. The van der Waals surface area contributed by atoms with Gasteiger partial charge in [-0.25, -0.2) is 0 Å². The summed E-state index contributed by atoms with van der Waals surface area (Å²) in [6.45, 7) is 11.1. The van der Waals surface area contributed by atoms with Crippen LogP contribution < -0.4 is 0 Å². The Morgan fingerprint density at radius 2 is 1.77 bits per heavy atom. The average Bonchev–Trinajstić information content (AvgIpc) is 3.21. The Morgan fingerprint density at radius 3 is 2.32 bits per heavy atom. The second-order valence-corrected chi connectivity index (χ2v) is 7.85. The average molecular weight is 304 g/mol. The number of epoxide rings is 1. The molecule has 124 valence electrons. The highest BCUT2D eigenvalue weighted by molar-refractivity contribution is 5.17. The van der Waals surface area contributed by atoms with E-state index in [0.717, 1.165) is 48.4 Å². The van der Waals surface area contributed by atoms with Gasteiger partial charge in [-0.2, -0.15) is 0 Å². The summed E-state index contributed by atoms with van der Waals surface area (Å²) in [5.41, 5.74) is 0. The van der Waals surface area contributed by atoms with E-state index < -0.39 is 0 Å². The Hall–Kier alpha value is -0.760. The first kappa shape index (κ1) is 16.1. The minimum absolute atomic E-state index is 0.331. The maximum Gasteiger partial charge on any atom is 0.117 e. The molecule has 0 aromatic rings. The molecule has 1 saturated heterocycles. The molecule has 22 heavy (non-hydrogen) atoms. The van der Waals surface area contributed by atoms with Crippen molar-refractivity contribution in [2.45, 2.75) is 53.1 Å². The number of allylic oxidation sites excluding steroid dienone is 3. The first-order chi connectivity index (χ1) is 10.6. The lowest BCUT2D eigenvalue weighted by atomic mass is 9.85. The van der Waals surface area contributed by atoms with Crippen LogP contribution in [-0.4, -0.2) is 19.3 Å². The molecule has 0 amide bonds. The highest BCUT2D eigenvalue weighted by Crippen LogP contribution is 2.56. The lowest BCUT2D eigenvalue weighted by Crippen LogP contribution is -2.14. The second-order valence-electron chi connectivity index (χ2n) is 7.85. The van der Waals surface area contributed by atoms with E-state index in [1.54, 1.807) is 0 Å². The third kappa shape index (κ3) is 3.42. The molecule has 0 aromatic carbocycles. The summed E-state index contributed by atoms with van der Waals surface area (Å²) in [5, 5.41) is 0. The summed E-state index contributed by atoms with van der Waals surface area (Å²) in [4.78, 5) is 0. The minimum atomic E-state index is 0.331. The van der Waals surface area contributed by atoms with E-state index in [9.17, 15) is 0 Å². The quantitative estimate of drug-likeness (QED) is 0.399. The van der Waals surface area contributed by atoms with Gasteiger partial charge >= 0.3 is 0 Å². The van der Waals surface area contributed by atoms with Gasteiger partial charge in [-0.3, -0.25) is 0 Å². The topological polar surface area (TPSA) is 21.8 Å². The monoisotopic (exact) mass is 304 g/mol. The predicted octanol–water partition coefficient (Wildman–Crippen LogP) is 4.82. The van der Waals surface area contributed by atoms with Crippen molar-refractivity contribution in [1.82, 2.24) is 0 Å². The van der Waals surface area contributed by atoms with Gasteiger partial charge in [-0.05, 0) is 66.9 Å². The van der Waals surface area contributed by atoms with Gasteiger partial charge in [0.05, 0.1) is 6.61 Å².